The summed E-state index contributed by atoms with van der Waals surface area (Å²) in [7, 11) is 0. The molecule has 0 fully saturated rings. The van der Waals surface area contributed by atoms with Gasteiger partial charge in [0.25, 0.3) is 11.3 Å². The van der Waals surface area contributed by atoms with Crippen molar-refractivity contribution in [2.75, 3.05) is 6.26 Å². The molecule has 22 heavy (non-hydrogen) atoms. The van der Waals surface area contributed by atoms with Crippen LogP contribution in [0.4, 0.5) is 0 Å². The van der Waals surface area contributed by atoms with E-state index in [1.807, 2.05) is 44.4 Å². The van der Waals surface area contributed by atoms with Crippen LogP contribution in [-0.2, 0) is 6.54 Å². The van der Waals surface area contributed by atoms with Gasteiger partial charge in [0.2, 0.25) is 5.89 Å². The van der Waals surface area contributed by atoms with E-state index in [4.69, 9.17) is 4.42 Å². The molecule has 5 nitrogen and oxygen atoms in total. The highest BCUT2D eigenvalue weighted by Crippen LogP contribution is 2.24. The van der Waals surface area contributed by atoms with Crippen molar-refractivity contribution in [1.82, 2.24) is 14.5 Å². The molecule has 0 saturated carbocycles. The van der Waals surface area contributed by atoms with Crippen LogP contribution in [0.25, 0.3) is 22.7 Å². The molecule has 114 valence electrons. The van der Waals surface area contributed by atoms with Crippen LogP contribution in [0.5, 0.6) is 0 Å². The maximum atomic E-state index is 12.6. The number of nitrogens with zero attached hydrogens (tertiary/aromatic N) is 3. The lowest BCUT2D eigenvalue weighted by molar-refractivity contribution is 0.560. The minimum atomic E-state index is -0.140. The Labute approximate surface area is 132 Å². The molecule has 2 heterocycles. The summed E-state index contributed by atoms with van der Waals surface area (Å²) in [5.74, 6) is 0.435. The second-order valence-corrected chi connectivity index (χ2v) is 5.87. The van der Waals surface area contributed by atoms with Gasteiger partial charge in [0, 0.05) is 12.1 Å². The molecule has 0 N–H and O–H groups in total. The van der Waals surface area contributed by atoms with Gasteiger partial charge in [-0.3, -0.25) is 9.36 Å². The molecule has 0 amide bonds. The van der Waals surface area contributed by atoms with Gasteiger partial charge in [0.05, 0.1) is 0 Å². The van der Waals surface area contributed by atoms with Crippen LogP contribution in [0, 0.1) is 6.92 Å². The second kappa shape index (κ2) is 5.96. The van der Waals surface area contributed by atoms with Crippen molar-refractivity contribution >= 4 is 23.0 Å². The van der Waals surface area contributed by atoms with Gasteiger partial charge in [-0.25, -0.2) is 4.98 Å². The average Bonchev–Trinajstić information content (AvgIpc) is 2.94. The highest BCUT2D eigenvalue weighted by atomic mass is 32.2. The Morgan fingerprint density at radius 1 is 1.32 bits per heavy atom. The maximum Gasteiger partial charge on any atom is 0.284 e. The fourth-order valence-corrected chi connectivity index (χ4v) is 2.94. The van der Waals surface area contributed by atoms with E-state index in [2.05, 4.69) is 9.97 Å². The SMILES string of the molecule is CCCn1c(SC)nc2oc(-c3cccc(C)c3)nc2c1=O. The third-order valence-electron chi connectivity index (χ3n) is 3.38. The minimum absolute atomic E-state index is 0.140. The standard InChI is InChI=1S/C16H17N3O2S/c1-4-8-19-15(20)12-14(18-16(19)22-3)21-13(17-12)11-7-5-6-10(2)9-11/h5-7,9H,4,8H2,1-3H3. The van der Waals surface area contributed by atoms with Crippen molar-refractivity contribution < 1.29 is 4.42 Å². The van der Waals surface area contributed by atoms with Crippen LogP contribution < -0.4 is 5.56 Å². The molecule has 0 unspecified atom stereocenters. The first-order valence-corrected chi connectivity index (χ1v) is 8.39. The summed E-state index contributed by atoms with van der Waals surface area (Å²) < 4.78 is 7.38. The van der Waals surface area contributed by atoms with Crippen molar-refractivity contribution in [3.05, 3.63) is 40.2 Å². The number of aryl methyl sites for hydroxylation is 1. The van der Waals surface area contributed by atoms with Gasteiger partial charge in [0.1, 0.15) is 0 Å². The number of rotatable bonds is 4. The van der Waals surface area contributed by atoms with Crippen molar-refractivity contribution in [2.24, 2.45) is 0 Å². The van der Waals surface area contributed by atoms with Crippen LogP contribution in [0.3, 0.4) is 0 Å². The Balaban J connectivity index is 2.22. The normalized spacial score (nSPS) is 11.2. The molecule has 6 heteroatoms. The molecule has 0 spiro atoms. The van der Waals surface area contributed by atoms with Gasteiger partial charge in [0.15, 0.2) is 10.7 Å². The van der Waals surface area contributed by atoms with Gasteiger partial charge >= 0.3 is 0 Å². The van der Waals surface area contributed by atoms with Crippen LogP contribution >= 0.6 is 11.8 Å². The largest absolute Gasteiger partial charge is 0.417 e. The lowest BCUT2D eigenvalue weighted by Gasteiger charge is -2.07. The van der Waals surface area contributed by atoms with E-state index in [1.54, 1.807) is 4.57 Å². The molecule has 3 aromatic rings. The highest BCUT2D eigenvalue weighted by molar-refractivity contribution is 7.98. The third-order valence-corrected chi connectivity index (χ3v) is 4.06. The van der Waals surface area contributed by atoms with Crippen LogP contribution in [0.2, 0.25) is 0 Å². The van der Waals surface area contributed by atoms with Gasteiger partial charge in [-0.2, -0.15) is 4.98 Å². The first kappa shape index (κ1) is 14.8. The topological polar surface area (TPSA) is 60.9 Å². The smallest absolute Gasteiger partial charge is 0.284 e. The Morgan fingerprint density at radius 2 is 2.14 bits per heavy atom. The Bertz CT molecular complexity index is 883. The van der Waals surface area contributed by atoms with Crippen molar-refractivity contribution in [1.29, 1.82) is 0 Å². The predicted molar refractivity (Wildman–Crippen MR) is 88.3 cm³/mol. The number of thioether (sulfide) groups is 1. The minimum Gasteiger partial charge on any atom is -0.417 e. The molecule has 2 aromatic heterocycles. The van der Waals surface area contributed by atoms with Gasteiger partial charge in [-0.1, -0.05) is 36.4 Å². The van der Waals surface area contributed by atoms with E-state index in [0.29, 0.717) is 28.8 Å². The molecule has 0 aliphatic carbocycles. The van der Waals surface area contributed by atoms with Crippen LogP contribution in [0.1, 0.15) is 18.9 Å². The molecular formula is C16H17N3O2S. The number of oxazole rings is 1. The zero-order chi connectivity index (χ0) is 15.7. The molecule has 0 atom stereocenters. The summed E-state index contributed by atoms with van der Waals surface area (Å²) in [5, 5.41) is 0.659. The summed E-state index contributed by atoms with van der Waals surface area (Å²) in [5.41, 5.74) is 2.42. The number of hydrogen-bond acceptors (Lipinski definition) is 5. The summed E-state index contributed by atoms with van der Waals surface area (Å²) in [6.45, 7) is 4.66. The summed E-state index contributed by atoms with van der Waals surface area (Å²) in [6.07, 6.45) is 2.76. The number of aromatic nitrogens is 3. The van der Waals surface area contributed by atoms with E-state index >= 15 is 0 Å². The lowest BCUT2D eigenvalue weighted by atomic mass is 10.1. The monoisotopic (exact) mass is 315 g/mol. The van der Waals surface area contributed by atoms with Crippen molar-refractivity contribution in [3.8, 4) is 11.5 Å². The van der Waals surface area contributed by atoms with Gasteiger partial charge < -0.3 is 4.42 Å². The summed E-state index contributed by atoms with van der Waals surface area (Å²) in [4.78, 5) is 21.4. The first-order chi connectivity index (χ1) is 10.6. The zero-order valence-electron chi connectivity index (χ0n) is 12.8. The van der Waals surface area contributed by atoms with Crippen molar-refractivity contribution in [3.63, 3.8) is 0 Å². The number of benzene rings is 1. The summed E-state index contributed by atoms with van der Waals surface area (Å²) in [6, 6.07) is 7.84. The van der Waals surface area contributed by atoms with Crippen LogP contribution in [-0.4, -0.2) is 20.8 Å². The summed E-state index contributed by atoms with van der Waals surface area (Å²) >= 11 is 1.44. The average molecular weight is 315 g/mol. The second-order valence-electron chi connectivity index (χ2n) is 5.10. The van der Waals surface area contributed by atoms with Gasteiger partial charge in [-0.05, 0) is 31.7 Å². The molecule has 0 aliphatic rings. The zero-order valence-corrected chi connectivity index (χ0v) is 13.6. The highest BCUT2D eigenvalue weighted by Gasteiger charge is 2.17. The van der Waals surface area contributed by atoms with E-state index in [9.17, 15) is 4.79 Å². The van der Waals surface area contributed by atoms with Crippen molar-refractivity contribution in [2.45, 2.75) is 32.0 Å². The third kappa shape index (κ3) is 2.54. The lowest BCUT2D eigenvalue weighted by Crippen LogP contribution is -2.23. The molecule has 0 aliphatic heterocycles. The van der Waals surface area contributed by atoms with E-state index < -0.39 is 0 Å². The Hall–Kier alpha value is -2.08. The van der Waals surface area contributed by atoms with Gasteiger partial charge in [-0.15, -0.1) is 0 Å². The number of hydrogen-bond donors (Lipinski definition) is 0. The van der Waals surface area contributed by atoms with E-state index in [0.717, 1.165) is 17.5 Å². The van der Waals surface area contributed by atoms with E-state index in [1.165, 1.54) is 11.8 Å². The molecule has 0 bridgehead atoms. The molecular weight excluding hydrogens is 298 g/mol. The molecule has 3 rings (SSSR count). The Morgan fingerprint density at radius 3 is 2.82 bits per heavy atom. The predicted octanol–water partition coefficient (Wildman–Crippen LogP) is 3.49. The molecule has 0 saturated heterocycles. The fourth-order valence-electron chi connectivity index (χ4n) is 2.37. The van der Waals surface area contributed by atoms with E-state index in [-0.39, 0.29) is 5.56 Å². The number of fused-ring (bicyclic) bond motifs is 1. The molecule has 0 radical (unpaired) electrons. The maximum absolute atomic E-state index is 12.6. The first-order valence-electron chi connectivity index (χ1n) is 7.16. The van der Waals surface area contributed by atoms with Crippen LogP contribution in [0.15, 0.2) is 38.6 Å². The quantitative estimate of drug-likeness (QED) is 0.545. The Kier molecular flexibility index (Phi) is 4.02. The molecule has 1 aromatic carbocycles. The fraction of sp³-hybridized carbons (Fsp3) is 0.312.